The third-order valence-electron chi connectivity index (χ3n) is 9.71. The number of carbonyl (C=O) groups is 1. The van der Waals surface area contributed by atoms with Crippen molar-refractivity contribution in [3.8, 4) is 0 Å². The molecule has 0 saturated heterocycles. The molecule has 0 radical (unpaired) electrons. The Kier molecular flexibility index (Phi) is 2.80. The Balaban J connectivity index is 1.43. The molecule has 8 aliphatic carbocycles. The van der Waals surface area contributed by atoms with Crippen LogP contribution in [0.1, 0.15) is 77.0 Å². The Morgan fingerprint density at radius 2 is 1.21 bits per heavy atom. The summed E-state index contributed by atoms with van der Waals surface area (Å²) in [5, 5.41) is 9.77. The van der Waals surface area contributed by atoms with Gasteiger partial charge < -0.3 is 5.11 Å². The number of hydrogen-bond acceptors (Lipinski definition) is 1. The molecule has 0 amide bonds. The van der Waals surface area contributed by atoms with E-state index in [0.717, 1.165) is 41.4 Å². The van der Waals surface area contributed by atoms with Crippen LogP contribution in [0.5, 0.6) is 0 Å². The predicted octanol–water partition coefficient (Wildman–Crippen LogP) is 5.12. The predicted molar refractivity (Wildman–Crippen MR) is 92.3 cm³/mol. The highest BCUT2D eigenvalue weighted by Crippen LogP contribution is 2.74. The Morgan fingerprint density at radius 1 is 0.750 bits per heavy atom. The lowest BCUT2D eigenvalue weighted by atomic mass is 9.34. The van der Waals surface area contributed by atoms with Crippen molar-refractivity contribution in [3.05, 3.63) is 0 Å². The topological polar surface area (TPSA) is 37.3 Å². The molecule has 0 heterocycles. The summed E-state index contributed by atoms with van der Waals surface area (Å²) in [6.45, 7) is 0. The average Bonchev–Trinajstić information content (AvgIpc) is 2.42. The maximum Gasteiger partial charge on any atom is 0.303 e. The Morgan fingerprint density at radius 3 is 1.67 bits per heavy atom. The molecule has 3 unspecified atom stereocenters. The number of aliphatic carboxylic acids is 1. The van der Waals surface area contributed by atoms with Crippen molar-refractivity contribution in [1.29, 1.82) is 0 Å². The van der Waals surface area contributed by atoms with E-state index in [4.69, 9.17) is 0 Å². The van der Waals surface area contributed by atoms with Gasteiger partial charge >= 0.3 is 5.97 Å². The van der Waals surface area contributed by atoms with Crippen LogP contribution in [-0.2, 0) is 4.79 Å². The van der Waals surface area contributed by atoms with E-state index in [0.29, 0.717) is 11.8 Å². The van der Waals surface area contributed by atoms with Gasteiger partial charge in [0.15, 0.2) is 0 Å². The van der Waals surface area contributed by atoms with Crippen LogP contribution in [0.25, 0.3) is 0 Å². The minimum atomic E-state index is -0.508. The molecule has 8 saturated carbocycles. The van der Waals surface area contributed by atoms with Crippen LogP contribution in [-0.4, -0.2) is 11.1 Å². The molecule has 2 nitrogen and oxygen atoms in total. The van der Waals surface area contributed by atoms with E-state index in [1.165, 1.54) is 70.6 Å². The first-order valence-corrected chi connectivity index (χ1v) is 10.8. The van der Waals surface area contributed by atoms with Crippen molar-refractivity contribution in [2.45, 2.75) is 77.0 Å². The maximum absolute atomic E-state index is 11.9. The fourth-order valence-electron chi connectivity index (χ4n) is 10.5. The zero-order valence-electron chi connectivity index (χ0n) is 14.9. The van der Waals surface area contributed by atoms with Crippen LogP contribution >= 0.6 is 0 Å². The van der Waals surface area contributed by atoms with Gasteiger partial charge in [0.2, 0.25) is 0 Å². The highest BCUT2D eigenvalue weighted by atomic mass is 16.4. The summed E-state index contributed by atoms with van der Waals surface area (Å²) in [6, 6.07) is 0. The quantitative estimate of drug-likeness (QED) is 0.780. The molecule has 8 rings (SSSR count). The molecule has 0 aromatic rings. The molecule has 0 aliphatic heterocycles. The van der Waals surface area contributed by atoms with Gasteiger partial charge in [-0.3, -0.25) is 4.79 Å². The van der Waals surface area contributed by atoms with Crippen molar-refractivity contribution < 1.29 is 9.90 Å². The van der Waals surface area contributed by atoms with Gasteiger partial charge in [-0.15, -0.1) is 0 Å². The summed E-state index contributed by atoms with van der Waals surface area (Å²) in [7, 11) is 0. The van der Waals surface area contributed by atoms with E-state index >= 15 is 0 Å². The van der Waals surface area contributed by atoms with Crippen LogP contribution in [0.2, 0.25) is 0 Å². The van der Waals surface area contributed by atoms with Crippen molar-refractivity contribution in [2.75, 3.05) is 0 Å². The molecule has 8 fully saturated rings. The number of hydrogen-bond donors (Lipinski definition) is 1. The SMILES string of the molecule is O=C(O)CC12CC3CC(CC(C3)C1C13CC4CC(CC(C4)C1)C3)C2. The van der Waals surface area contributed by atoms with E-state index in [2.05, 4.69) is 0 Å². The van der Waals surface area contributed by atoms with Crippen molar-refractivity contribution in [1.82, 2.24) is 0 Å². The molecule has 2 heteroatoms. The summed E-state index contributed by atoms with van der Waals surface area (Å²) in [6.07, 6.45) is 16.3. The first kappa shape index (κ1) is 14.6. The van der Waals surface area contributed by atoms with Crippen LogP contribution in [0.15, 0.2) is 0 Å². The smallest absolute Gasteiger partial charge is 0.303 e. The van der Waals surface area contributed by atoms with E-state index < -0.39 is 5.97 Å². The summed E-state index contributed by atoms with van der Waals surface area (Å²) in [5.41, 5.74) is 0.744. The van der Waals surface area contributed by atoms with E-state index in [1.807, 2.05) is 0 Å². The van der Waals surface area contributed by atoms with Crippen LogP contribution < -0.4 is 0 Å². The zero-order chi connectivity index (χ0) is 16.1. The molecule has 8 bridgehead atoms. The molecule has 0 aromatic carbocycles. The standard InChI is InChI=1S/C22H32O2/c23-19(24)12-22-10-16-4-17(11-22)6-18(5-16)20(22)21-7-13-1-14(8-21)3-15(2-13)9-21/h13-18,20H,1-12H2,(H,23,24). The first-order chi connectivity index (χ1) is 11.5. The second-order valence-electron chi connectivity index (χ2n) is 11.3. The van der Waals surface area contributed by atoms with Gasteiger partial charge in [-0.1, -0.05) is 0 Å². The first-order valence-electron chi connectivity index (χ1n) is 10.8. The van der Waals surface area contributed by atoms with Crippen molar-refractivity contribution in [2.24, 2.45) is 52.3 Å². The van der Waals surface area contributed by atoms with Crippen molar-refractivity contribution >= 4 is 5.97 Å². The average molecular weight is 328 g/mol. The monoisotopic (exact) mass is 328 g/mol. The lowest BCUT2D eigenvalue weighted by molar-refractivity contribution is -0.211. The van der Waals surface area contributed by atoms with E-state index in [9.17, 15) is 9.90 Å². The Hall–Kier alpha value is -0.530. The largest absolute Gasteiger partial charge is 0.481 e. The van der Waals surface area contributed by atoms with Crippen LogP contribution in [0.4, 0.5) is 0 Å². The number of rotatable bonds is 3. The highest BCUT2D eigenvalue weighted by Gasteiger charge is 2.66. The maximum atomic E-state index is 11.9. The fourth-order valence-corrected chi connectivity index (χ4v) is 10.5. The lowest BCUT2D eigenvalue weighted by Gasteiger charge is -2.70. The van der Waals surface area contributed by atoms with Gasteiger partial charge in [0, 0.05) is 0 Å². The van der Waals surface area contributed by atoms with Gasteiger partial charge in [-0.25, -0.2) is 0 Å². The molecular formula is C22H32O2. The van der Waals surface area contributed by atoms with Gasteiger partial charge in [-0.05, 0) is 123 Å². The minimum absolute atomic E-state index is 0.187. The van der Waals surface area contributed by atoms with Gasteiger partial charge in [0.25, 0.3) is 0 Å². The summed E-state index contributed by atoms with van der Waals surface area (Å²) in [5.74, 6) is 5.86. The normalized spacial score (nSPS) is 59.9. The minimum Gasteiger partial charge on any atom is -0.481 e. The molecule has 24 heavy (non-hydrogen) atoms. The second-order valence-corrected chi connectivity index (χ2v) is 11.3. The van der Waals surface area contributed by atoms with Gasteiger partial charge in [-0.2, -0.15) is 0 Å². The molecular weight excluding hydrogens is 296 g/mol. The van der Waals surface area contributed by atoms with Gasteiger partial charge in [0.1, 0.15) is 0 Å². The summed E-state index contributed by atoms with van der Waals surface area (Å²) >= 11 is 0. The van der Waals surface area contributed by atoms with Crippen molar-refractivity contribution in [3.63, 3.8) is 0 Å². The van der Waals surface area contributed by atoms with Gasteiger partial charge in [0.05, 0.1) is 6.42 Å². The van der Waals surface area contributed by atoms with Crippen LogP contribution in [0, 0.1) is 52.3 Å². The molecule has 132 valence electrons. The molecule has 0 aromatic heterocycles. The molecule has 0 spiro atoms. The third kappa shape index (κ3) is 1.86. The highest BCUT2D eigenvalue weighted by molar-refractivity contribution is 5.68. The molecule has 8 aliphatic rings. The number of carboxylic acid groups (broad SMARTS) is 1. The summed E-state index contributed by atoms with van der Waals surface area (Å²) in [4.78, 5) is 11.9. The second kappa shape index (κ2) is 4.60. The van der Waals surface area contributed by atoms with Crippen LogP contribution in [0.3, 0.4) is 0 Å². The van der Waals surface area contributed by atoms with E-state index in [-0.39, 0.29) is 5.41 Å². The Bertz CT molecular complexity index is 529. The van der Waals surface area contributed by atoms with E-state index in [1.54, 1.807) is 0 Å². The summed E-state index contributed by atoms with van der Waals surface area (Å²) < 4.78 is 0. The zero-order valence-corrected chi connectivity index (χ0v) is 14.9. The molecule has 3 atom stereocenters. The Labute approximate surface area is 145 Å². The lowest BCUT2D eigenvalue weighted by Crippen LogP contribution is -2.62. The molecule has 1 N–H and O–H groups in total. The number of carboxylic acids is 1. The fraction of sp³-hybridized carbons (Fsp3) is 0.955. The third-order valence-corrected chi connectivity index (χ3v) is 9.71.